The standard InChI is InChI=1S/C28H27F3O3/c1-3-33-24-14-12-21(16-23(24)29)18-8-10-20(11-9-18)28(32)34-25-15-13-22(26(30)27(25)31)19-6-4-17(2)5-7-19/h8-17,19H,3-7H2,1-2H3. The van der Waals surface area contributed by atoms with Gasteiger partial charge in [0.25, 0.3) is 0 Å². The number of carbonyl (C=O) groups excluding carboxylic acids is 1. The number of esters is 1. The van der Waals surface area contributed by atoms with Gasteiger partial charge >= 0.3 is 5.97 Å². The van der Waals surface area contributed by atoms with E-state index in [1.807, 2.05) is 0 Å². The molecule has 0 bridgehead atoms. The Morgan fingerprint density at radius 1 is 0.853 bits per heavy atom. The normalized spacial score (nSPS) is 17.9. The molecule has 0 unspecified atom stereocenters. The second kappa shape index (κ2) is 10.3. The maximum atomic E-state index is 14.7. The maximum absolute atomic E-state index is 14.7. The Kier molecular flexibility index (Phi) is 7.25. The van der Waals surface area contributed by atoms with Crippen molar-refractivity contribution in [3.8, 4) is 22.6 Å². The number of halogens is 3. The predicted octanol–water partition coefficient (Wildman–Crippen LogP) is 7.68. The van der Waals surface area contributed by atoms with E-state index in [9.17, 15) is 18.0 Å². The van der Waals surface area contributed by atoms with Gasteiger partial charge in [0.15, 0.2) is 23.1 Å². The van der Waals surface area contributed by atoms with E-state index in [0.717, 1.165) is 25.7 Å². The van der Waals surface area contributed by atoms with Crippen LogP contribution in [0.3, 0.4) is 0 Å². The number of rotatable bonds is 6. The van der Waals surface area contributed by atoms with Gasteiger partial charge < -0.3 is 9.47 Å². The molecule has 0 heterocycles. The van der Waals surface area contributed by atoms with Gasteiger partial charge in [-0.2, -0.15) is 4.39 Å². The fourth-order valence-electron chi connectivity index (χ4n) is 4.42. The van der Waals surface area contributed by atoms with E-state index in [0.29, 0.717) is 29.2 Å². The van der Waals surface area contributed by atoms with Crippen LogP contribution in [0.1, 0.15) is 61.4 Å². The van der Waals surface area contributed by atoms with Crippen molar-refractivity contribution in [3.63, 3.8) is 0 Å². The molecule has 0 saturated heterocycles. The van der Waals surface area contributed by atoms with E-state index in [2.05, 4.69) is 6.92 Å². The predicted molar refractivity (Wildman–Crippen MR) is 125 cm³/mol. The molecule has 1 aliphatic rings. The summed E-state index contributed by atoms with van der Waals surface area (Å²) in [4.78, 5) is 12.5. The minimum Gasteiger partial charge on any atom is -0.491 e. The molecule has 34 heavy (non-hydrogen) atoms. The van der Waals surface area contributed by atoms with Crippen LogP contribution in [-0.2, 0) is 0 Å². The Morgan fingerprint density at radius 3 is 2.15 bits per heavy atom. The van der Waals surface area contributed by atoms with Crippen molar-refractivity contribution < 1.29 is 27.4 Å². The lowest BCUT2D eigenvalue weighted by Crippen LogP contribution is -2.14. The number of benzene rings is 3. The Hall–Kier alpha value is -3.28. The molecule has 1 saturated carbocycles. The first kappa shape index (κ1) is 23.9. The molecule has 4 rings (SSSR count). The van der Waals surface area contributed by atoms with Crippen molar-refractivity contribution in [2.75, 3.05) is 6.61 Å². The van der Waals surface area contributed by atoms with Gasteiger partial charge in [0.05, 0.1) is 12.2 Å². The molecule has 1 aliphatic carbocycles. The average Bonchev–Trinajstić information content (AvgIpc) is 2.84. The molecule has 1 fully saturated rings. The Balaban J connectivity index is 1.47. The third-order valence-corrected chi connectivity index (χ3v) is 6.42. The molecule has 178 valence electrons. The van der Waals surface area contributed by atoms with E-state index in [1.54, 1.807) is 31.2 Å². The van der Waals surface area contributed by atoms with Crippen LogP contribution in [0, 0.1) is 23.4 Å². The summed E-state index contributed by atoms with van der Waals surface area (Å²) >= 11 is 0. The summed E-state index contributed by atoms with van der Waals surface area (Å²) in [6.07, 6.45) is 3.62. The summed E-state index contributed by atoms with van der Waals surface area (Å²) in [5.41, 5.74) is 1.81. The lowest BCUT2D eigenvalue weighted by molar-refractivity contribution is 0.0726. The summed E-state index contributed by atoms with van der Waals surface area (Å²) in [6.45, 7) is 4.30. The highest BCUT2D eigenvalue weighted by atomic mass is 19.2. The first-order valence-corrected chi connectivity index (χ1v) is 11.6. The van der Waals surface area contributed by atoms with Crippen LogP contribution in [0.2, 0.25) is 0 Å². The van der Waals surface area contributed by atoms with Crippen LogP contribution < -0.4 is 9.47 Å². The average molecular weight is 469 g/mol. The Morgan fingerprint density at radius 2 is 1.50 bits per heavy atom. The fraction of sp³-hybridized carbons (Fsp3) is 0.321. The highest BCUT2D eigenvalue weighted by Gasteiger charge is 2.26. The molecule has 0 aliphatic heterocycles. The van der Waals surface area contributed by atoms with Crippen molar-refractivity contribution in [1.29, 1.82) is 0 Å². The van der Waals surface area contributed by atoms with Crippen LogP contribution >= 0.6 is 0 Å². The topological polar surface area (TPSA) is 35.5 Å². The highest BCUT2D eigenvalue weighted by Crippen LogP contribution is 2.38. The summed E-state index contributed by atoms with van der Waals surface area (Å²) in [5.74, 6) is -3.06. The molecule has 6 heteroatoms. The zero-order valence-corrected chi connectivity index (χ0v) is 19.2. The van der Waals surface area contributed by atoms with Crippen LogP contribution in [-0.4, -0.2) is 12.6 Å². The van der Waals surface area contributed by atoms with E-state index < -0.39 is 29.2 Å². The molecule has 3 aromatic carbocycles. The first-order valence-electron chi connectivity index (χ1n) is 11.6. The van der Waals surface area contributed by atoms with Crippen LogP contribution in [0.25, 0.3) is 11.1 Å². The number of ether oxygens (including phenoxy) is 2. The van der Waals surface area contributed by atoms with Gasteiger partial charge in [-0.15, -0.1) is 0 Å². The molecule has 0 radical (unpaired) electrons. The quantitative estimate of drug-likeness (QED) is 0.275. The largest absolute Gasteiger partial charge is 0.491 e. The maximum Gasteiger partial charge on any atom is 0.343 e. The van der Waals surface area contributed by atoms with Gasteiger partial charge in [0.1, 0.15) is 0 Å². The van der Waals surface area contributed by atoms with Gasteiger partial charge in [-0.1, -0.05) is 44.0 Å². The Labute approximate surface area is 197 Å². The van der Waals surface area contributed by atoms with Gasteiger partial charge in [0.2, 0.25) is 5.82 Å². The zero-order chi connectivity index (χ0) is 24.2. The van der Waals surface area contributed by atoms with E-state index in [4.69, 9.17) is 9.47 Å². The van der Waals surface area contributed by atoms with Crippen molar-refractivity contribution in [2.45, 2.75) is 45.4 Å². The highest BCUT2D eigenvalue weighted by molar-refractivity contribution is 5.91. The van der Waals surface area contributed by atoms with E-state index in [-0.39, 0.29) is 17.2 Å². The van der Waals surface area contributed by atoms with Crippen molar-refractivity contribution in [1.82, 2.24) is 0 Å². The molecular formula is C28H27F3O3. The first-order chi connectivity index (χ1) is 16.4. The van der Waals surface area contributed by atoms with Crippen LogP contribution in [0.5, 0.6) is 11.5 Å². The molecule has 0 atom stereocenters. The van der Waals surface area contributed by atoms with E-state index in [1.165, 1.54) is 30.3 Å². The molecule has 0 amide bonds. The lowest BCUT2D eigenvalue weighted by Gasteiger charge is -2.27. The van der Waals surface area contributed by atoms with Crippen LogP contribution in [0.4, 0.5) is 13.2 Å². The lowest BCUT2D eigenvalue weighted by atomic mass is 9.79. The SMILES string of the molecule is CCOc1ccc(-c2ccc(C(=O)Oc3ccc(C4CCC(C)CC4)c(F)c3F)cc2)cc1F. The minimum atomic E-state index is -1.15. The van der Waals surface area contributed by atoms with Crippen molar-refractivity contribution >= 4 is 5.97 Å². The summed E-state index contributed by atoms with van der Waals surface area (Å²) in [6, 6.07) is 13.7. The second-order valence-corrected chi connectivity index (χ2v) is 8.78. The van der Waals surface area contributed by atoms with Gasteiger partial charge in [0, 0.05) is 0 Å². The van der Waals surface area contributed by atoms with Gasteiger partial charge in [-0.05, 0) is 78.6 Å². The number of carbonyl (C=O) groups is 1. The number of hydrogen-bond donors (Lipinski definition) is 0. The monoisotopic (exact) mass is 468 g/mol. The third-order valence-electron chi connectivity index (χ3n) is 6.42. The molecule has 3 aromatic rings. The van der Waals surface area contributed by atoms with Crippen molar-refractivity contribution in [2.24, 2.45) is 5.92 Å². The van der Waals surface area contributed by atoms with Gasteiger partial charge in [-0.3, -0.25) is 0 Å². The van der Waals surface area contributed by atoms with Gasteiger partial charge in [-0.25, -0.2) is 13.6 Å². The molecule has 0 aromatic heterocycles. The third kappa shape index (κ3) is 5.11. The number of hydrogen-bond acceptors (Lipinski definition) is 3. The fourth-order valence-corrected chi connectivity index (χ4v) is 4.42. The molecule has 0 N–H and O–H groups in total. The summed E-state index contributed by atoms with van der Waals surface area (Å²) in [7, 11) is 0. The molecule has 0 spiro atoms. The van der Waals surface area contributed by atoms with E-state index >= 15 is 0 Å². The molecule has 3 nitrogen and oxygen atoms in total. The summed E-state index contributed by atoms with van der Waals surface area (Å²) in [5, 5.41) is 0. The van der Waals surface area contributed by atoms with Crippen molar-refractivity contribution in [3.05, 3.63) is 83.2 Å². The van der Waals surface area contributed by atoms with Crippen LogP contribution in [0.15, 0.2) is 54.6 Å². The minimum absolute atomic E-state index is 0.0181. The zero-order valence-electron chi connectivity index (χ0n) is 19.2. The molecular weight excluding hydrogens is 441 g/mol. The smallest absolute Gasteiger partial charge is 0.343 e. The Bertz CT molecular complexity index is 1170. The summed E-state index contributed by atoms with van der Waals surface area (Å²) < 4.78 is 53.9. The second-order valence-electron chi connectivity index (χ2n) is 8.78.